The summed E-state index contributed by atoms with van der Waals surface area (Å²) in [6.07, 6.45) is 0. The minimum Gasteiger partial charge on any atom is -0.453 e. The van der Waals surface area contributed by atoms with E-state index in [1.54, 1.807) is 18.2 Å². The van der Waals surface area contributed by atoms with Crippen molar-refractivity contribution in [2.45, 2.75) is 59.3 Å². The molecule has 1 aromatic carbocycles. The van der Waals surface area contributed by atoms with Crippen LogP contribution in [0.1, 0.15) is 32.2 Å². The second-order valence-electron chi connectivity index (χ2n) is 8.04. The molecule has 0 spiro atoms. The van der Waals surface area contributed by atoms with Gasteiger partial charge < -0.3 is 9.16 Å². The first-order valence-corrected chi connectivity index (χ1v) is 12.4. The van der Waals surface area contributed by atoms with Gasteiger partial charge in [-0.05, 0) is 50.2 Å². The third-order valence-corrected chi connectivity index (χ3v) is 9.92. The van der Waals surface area contributed by atoms with Crippen LogP contribution in [0.15, 0.2) is 18.2 Å². The first-order chi connectivity index (χ1) is 11.9. The van der Waals surface area contributed by atoms with E-state index >= 15 is 0 Å². The maximum Gasteiger partial charge on any atom is 0.192 e. The SMILES string of the molecule is Cc1nn(CCO[Si](C)(C)C(C)(C)C)c(C)c1Oc1cc(Cl)cc(Cl)c1. The zero-order valence-electron chi connectivity index (χ0n) is 16.6. The number of nitrogens with zero attached hydrogens (tertiary/aromatic N) is 2. The quantitative estimate of drug-likeness (QED) is 0.498. The van der Waals surface area contributed by atoms with Crippen molar-refractivity contribution < 1.29 is 9.16 Å². The van der Waals surface area contributed by atoms with Crippen molar-refractivity contribution >= 4 is 31.5 Å². The van der Waals surface area contributed by atoms with Crippen LogP contribution < -0.4 is 4.74 Å². The first kappa shape index (κ1) is 21.3. The maximum absolute atomic E-state index is 6.25. The molecule has 0 fully saturated rings. The fraction of sp³-hybridized carbons (Fsp3) is 0.526. The van der Waals surface area contributed by atoms with Crippen LogP contribution in [-0.2, 0) is 11.0 Å². The number of hydrogen-bond donors (Lipinski definition) is 0. The third kappa shape index (κ3) is 5.03. The summed E-state index contributed by atoms with van der Waals surface area (Å²) in [6, 6.07) is 5.16. The van der Waals surface area contributed by atoms with E-state index < -0.39 is 8.32 Å². The number of hydrogen-bond acceptors (Lipinski definition) is 3. The van der Waals surface area contributed by atoms with Crippen LogP contribution in [0.2, 0.25) is 28.2 Å². The molecule has 0 unspecified atom stereocenters. The smallest absolute Gasteiger partial charge is 0.192 e. The molecule has 2 rings (SSSR count). The Hall–Kier alpha value is -1.01. The van der Waals surface area contributed by atoms with Gasteiger partial charge in [0, 0.05) is 10.0 Å². The van der Waals surface area contributed by atoms with Crippen molar-refractivity contribution in [3.8, 4) is 11.5 Å². The summed E-state index contributed by atoms with van der Waals surface area (Å²) >= 11 is 12.1. The largest absolute Gasteiger partial charge is 0.453 e. The molecule has 0 saturated carbocycles. The molecule has 1 aromatic heterocycles. The Balaban J connectivity index is 2.10. The Labute approximate surface area is 167 Å². The van der Waals surface area contributed by atoms with Gasteiger partial charge in [0.2, 0.25) is 0 Å². The van der Waals surface area contributed by atoms with Crippen molar-refractivity contribution in [2.24, 2.45) is 0 Å². The molecule has 0 amide bonds. The van der Waals surface area contributed by atoms with Crippen molar-refractivity contribution in [3.63, 3.8) is 0 Å². The van der Waals surface area contributed by atoms with E-state index in [0.29, 0.717) is 28.9 Å². The van der Waals surface area contributed by atoms with Crippen LogP contribution in [0.4, 0.5) is 0 Å². The number of aryl methyl sites for hydroxylation is 1. The highest BCUT2D eigenvalue weighted by Gasteiger charge is 2.36. The van der Waals surface area contributed by atoms with Gasteiger partial charge in [0.1, 0.15) is 11.4 Å². The van der Waals surface area contributed by atoms with Gasteiger partial charge in [-0.2, -0.15) is 5.10 Å². The van der Waals surface area contributed by atoms with Gasteiger partial charge in [-0.1, -0.05) is 44.0 Å². The summed E-state index contributed by atoms with van der Waals surface area (Å²) < 4.78 is 14.2. The highest BCUT2D eigenvalue weighted by Crippen LogP contribution is 2.36. The van der Waals surface area contributed by atoms with Crippen molar-refractivity contribution in [3.05, 3.63) is 39.6 Å². The summed E-state index contributed by atoms with van der Waals surface area (Å²) in [4.78, 5) is 0. The summed E-state index contributed by atoms with van der Waals surface area (Å²) in [6.45, 7) is 16.5. The van der Waals surface area contributed by atoms with Gasteiger partial charge in [0.05, 0.1) is 18.8 Å². The third-order valence-electron chi connectivity index (χ3n) is 4.94. The normalized spacial score (nSPS) is 12.5. The molecular formula is C19H28Cl2N2O2Si. The summed E-state index contributed by atoms with van der Waals surface area (Å²) in [5, 5.41) is 5.87. The van der Waals surface area contributed by atoms with Gasteiger partial charge in [-0.15, -0.1) is 0 Å². The Morgan fingerprint density at radius 2 is 1.65 bits per heavy atom. The summed E-state index contributed by atoms with van der Waals surface area (Å²) in [7, 11) is -1.76. The Morgan fingerprint density at radius 3 is 2.19 bits per heavy atom. The lowest BCUT2D eigenvalue weighted by Crippen LogP contribution is -2.41. The molecule has 0 N–H and O–H groups in total. The average molecular weight is 415 g/mol. The first-order valence-electron chi connectivity index (χ1n) is 8.72. The Bertz CT molecular complexity index is 762. The molecule has 7 heteroatoms. The summed E-state index contributed by atoms with van der Waals surface area (Å²) in [5.74, 6) is 1.33. The van der Waals surface area contributed by atoms with Crippen LogP contribution in [0, 0.1) is 13.8 Å². The molecule has 4 nitrogen and oxygen atoms in total. The van der Waals surface area contributed by atoms with Gasteiger partial charge in [-0.3, -0.25) is 4.68 Å². The predicted octanol–water partition coefficient (Wildman–Crippen LogP) is 6.62. The highest BCUT2D eigenvalue weighted by molar-refractivity contribution is 6.74. The van der Waals surface area contributed by atoms with Crippen molar-refractivity contribution in [2.75, 3.05) is 6.61 Å². The molecule has 0 aliphatic heterocycles. The Kier molecular flexibility index (Phi) is 6.49. The van der Waals surface area contributed by atoms with Gasteiger partial charge >= 0.3 is 0 Å². The number of benzene rings is 1. The topological polar surface area (TPSA) is 36.3 Å². The molecule has 0 aliphatic rings. The van der Waals surface area contributed by atoms with E-state index in [9.17, 15) is 0 Å². The second kappa shape index (κ2) is 7.93. The van der Waals surface area contributed by atoms with Crippen molar-refractivity contribution in [1.29, 1.82) is 0 Å². The zero-order valence-corrected chi connectivity index (χ0v) is 19.1. The van der Waals surface area contributed by atoms with E-state index in [0.717, 1.165) is 17.1 Å². The van der Waals surface area contributed by atoms with E-state index in [2.05, 4.69) is 39.0 Å². The summed E-state index contributed by atoms with van der Waals surface area (Å²) in [5.41, 5.74) is 1.78. The number of aromatic nitrogens is 2. The minimum atomic E-state index is -1.76. The van der Waals surface area contributed by atoms with Gasteiger partial charge in [0.25, 0.3) is 0 Å². The average Bonchev–Trinajstić information content (AvgIpc) is 2.73. The van der Waals surface area contributed by atoms with Crippen LogP contribution in [0.5, 0.6) is 11.5 Å². The van der Waals surface area contributed by atoms with Crippen LogP contribution in [0.25, 0.3) is 0 Å². The lowest BCUT2D eigenvalue weighted by molar-refractivity contribution is 0.264. The number of rotatable bonds is 6. The fourth-order valence-corrected chi connectivity index (χ4v) is 3.90. The van der Waals surface area contributed by atoms with Crippen molar-refractivity contribution in [1.82, 2.24) is 9.78 Å². The molecule has 1 heterocycles. The molecule has 0 aliphatic carbocycles. The molecular weight excluding hydrogens is 387 g/mol. The van der Waals surface area contributed by atoms with Crippen LogP contribution in [0.3, 0.4) is 0 Å². The van der Waals surface area contributed by atoms with E-state index in [-0.39, 0.29) is 5.04 Å². The van der Waals surface area contributed by atoms with E-state index in [4.69, 9.17) is 32.4 Å². The zero-order chi connectivity index (χ0) is 19.7. The molecule has 144 valence electrons. The molecule has 0 atom stereocenters. The predicted molar refractivity (Wildman–Crippen MR) is 111 cm³/mol. The van der Waals surface area contributed by atoms with Crippen LogP contribution in [-0.4, -0.2) is 24.7 Å². The second-order valence-corrected chi connectivity index (χ2v) is 13.7. The lowest BCUT2D eigenvalue weighted by atomic mass is 10.2. The number of halogens is 2. The molecule has 0 saturated heterocycles. The van der Waals surface area contributed by atoms with E-state index in [1.165, 1.54) is 0 Å². The van der Waals surface area contributed by atoms with Gasteiger partial charge in [-0.25, -0.2) is 0 Å². The number of ether oxygens (including phenoxy) is 1. The van der Waals surface area contributed by atoms with Gasteiger partial charge in [0.15, 0.2) is 14.1 Å². The molecule has 26 heavy (non-hydrogen) atoms. The molecule has 0 bridgehead atoms. The Morgan fingerprint density at radius 1 is 1.08 bits per heavy atom. The standard InChI is InChI=1S/C19H28Cl2N2O2Si/c1-13-18(25-17-11-15(20)10-16(21)12-17)14(2)23(22-13)8-9-24-26(6,7)19(3,4)5/h10-12H,8-9H2,1-7H3. The fourth-order valence-electron chi connectivity index (χ4n) is 2.35. The minimum absolute atomic E-state index is 0.197. The monoisotopic (exact) mass is 414 g/mol. The molecule has 0 radical (unpaired) electrons. The maximum atomic E-state index is 6.25. The highest BCUT2D eigenvalue weighted by atomic mass is 35.5. The lowest BCUT2D eigenvalue weighted by Gasteiger charge is -2.36. The van der Waals surface area contributed by atoms with E-state index in [1.807, 2.05) is 18.5 Å². The van der Waals surface area contributed by atoms with Crippen LogP contribution >= 0.6 is 23.2 Å². The molecule has 2 aromatic rings.